The van der Waals surface area contributed by atoms with E-state index >= 15 is 0 Å². The highest BCUT2D eigenvalue weighted by Gasteiger charge is 2.17. The number of halogens is 1. The van der Waals surface area contributed by atoms with Crippen molar-refractivity contribution in [3.8, 4) is 5.69 Å². The summed E-state index contributed by atoms with van der Waals surface area (Å²) >= 11 is 6.27. The molecule has 0 unspecified atom stereocenters. The van der Waals surface area contributed by atoms with Crippen molar-refractivity contribution < 1.29 is 5.11 Å². The number of aliphatic hydroxyl groups is 1. The number of hydrogen-bond acceptors (Lipinski definition) is 3. The maximum absolute atomic E-state index is 9.42. The van der Waals surface area contributed by atoms with Crippen LogP contribution in [0.4, 0.5) is 0 Å². The lowest BCUT2D eigenvalue weighted by atomic mass is 10.1. The first-order chi connectivity index (χ1) is 8.63. The molecule has 96 valence electrons. The summed E-state index contributed by atoms with van der Waals surface area (Å²) in [5.74, 6) is 0.465. The van der Waals surface area contributed by atoms with Crippen LogP contribution in [0, 0.1) is 5.92 Å². The third kappa shape index (κ3) is 2.54. The first-order valence-electron chi connectivity index (χ1n) is 5.91. The molecule has 0 radical (unpaired) electrons. The molecule has 0 amide bonds. The van der Waals surface area contributed by atoms with Gasteiger partial charge in [0.15, 0.2) is 0 Å². The second kappa shape index (κ2) is 5.50. The zero-order chi connectivity index (χ0) is 13.1. The quantitative estimate of drug-likeness (QED) is 0.925. The van der Waals surface area contributed by atoms with Crippen molar-refractivity contribution in [1.82, 2.24) is 14.8 Å². The highest BCUT2D eigenvalue weighted by atomic mass is 35.5. The van der Waals surface area contributed by atoms with E-state index in [4.69, 9.17) is 11.6 Å². The van der Waals surface area contributed by atoms with Crippen LogP contribution in [-0.2, 0) is 13.0 Å². The van der Waals surface area contributed by atoms with Gasteiger partial charge in [0.2, 0.25) is 0 Å². The first kappa shape index (κ1) is 13.1. The Morgan fingerprint density at radius 1 is 1.33 bits per heavy atom. The average molecular weight is 266 g/mol. The topological polar surface area (TPSA) is 50.9 Å². The fraction of sp³-hybridized carbons (Fsp3) is 0.385. The Labute approximate surface area is 111 Å². The molecule has 0 fully saturated rings. The van der Waals surface area contributed by atoms with Crippen LogP contribution in [0.2, 0.25) is 5.15 Å². The lowest BCUT2D eigenvalue weighted by Crippen LogP contribution is -2.00. The molecule has 0 saturated heterocycles. The maximum atomic E-state index is 9.42. The lowest BCUT2D eigenvalue weighted by molar-refractivity contribution is 0.280. The molecule has 0 aliphatic heterocycles. The van der Waals surface area contributed by atoms with Crippen LogP contribution in [0.25, 0.3) is 5.69 Å². The van der Waals surface area contributed by atoms with E-state index < -0.39 is 0 Å². The van der Waals surface area contributed by atoms with Gasteiger partial charge in [0.25, 0.3) is 0 Å². The van der Waals surface area contributed by atoms with E-state index in [0.29, 0.717) is 16.6 Å². The minimum absolute atomic E-state index is 0.0913. The summed E-state index contributed by atoms with van der Waals surface area (Å²) in [7, 11) is 0. The lowest BCUT2D eigenvalue weighted by Gasteiger charge is -2.02. The zero-order valence-corrected chi connectivity index (χ0v) is 11.2. The largest absolute Gasteiger partial charge is 0.391 e. The molecule has 0 saturated carbocycles. The molecule has 0 spiro atoms. The maximum Gasteiger partial charge on any atom is 0.138 e. The van der Waals surface area contributed by atoms with Gasteiger partial charge in [0.05, 0.1) is 18.0 Å². The number of rotatable bonds is 4. The molecule has 0 aliphatic carbocycles. The van der Waals surface area contributed by atoms with E-state index in [1.807, 2.05) is 12.1 Å². The van der Waals surface area contributed by atoms with Gasteiger partial charge in [-0.1, -0.05) is 25.4 Å². The molecule has 0 aromatic carbocycles. The highest BCUT2D eigenvalue weighted by Crippen LogP contribution is 2.25. The fourth-order valence-corrected chi connectivity index (χ4v) is 2.14. The van der Waals surface area contributed by atoms with Gasteiger partial charge >= 0.3 is 0 Å². The Kier molecular flexibility index (Phi) is 3.99. The van der Waals surface area contributed by atoms with Crippen LogP contribution in [0.15, 0.2) is 24.5 Å². The summed E-state index contributed by atoms with van der Waals surface area (Å²) < 4.78 is 1.65. The van der Waals surface area contributed by atoms with E-state index in [0.717, 1.165) is 17.8 Å². The summed E-state index contributed by atoms with van der Waals surface area (Å²) in [4.78, 5) is 3.96. The van der Waals surface area contributed by atoms with Crippen LogP contribution in [0.3, 0.4) is 0 Å². The Hall–Kier alpha value is -1.39. The Bertz CT molecular complexity index is 523. The molecule has 0 atom stereocenters. The van der Waals surface area contributed by atoms with Crippen LogP contribution in [0.5, 0.6) is 0 Å². The van der Waals surface area contributed by atoms with Gasteiger partial charge in [-0.15, -0.1) is 0 Å². The Morgan fingerprint density at radius 2 is 2.00 bits per heavy atom. The van der Waals surface area contributed by atoms with Crippen LogP contribution >= 0.6 is 11.6 Å². The molecule has 18 heavy (non-hydrogen) atoms. The van der Waals surface area contributed by atoms with E-state index in [2.05, 4.69) is 23.9 Å². The van der Waals surface area contributed by atoms with E-state index in [9.17, 15) is 5.11 Å². The molecule has 1 N–H and O–H groups in total. The molecule has 2 aromatic rings. The summed E-state index contributed by atoms with van der Waals surface area (Å²) in [6.07, 6.45) is 4.18. The van der Waals surface area contributed by atoms with Crippen LogP contribution in [-0.4, -0.2) is 19.9 Å². The van der Waals surface area contributed by atoms with Gasteiger partial charge < -0.3 is 5.11 Å². The highest BCUT2D eigenvalue weighted by molar-refractivity contribution is 6.30. The second-order valence-corrected chi connectivity index (χ2v) is 4.95. The van der Waals surface area contributed by atoms with Crippen molar-refractivity contribution in [2.75, 3.05) is 0 Å². The average Bonchev–Trinajstić information content (AvgIpc) is 2.66. The number of nitrogens with zero attached hydrogens (tertiary/aromatic N) is 3. The van der Waals surface area contributed by atoms with E-state index in [1.165, 1.54) is 0 Å². The minimum Gasteiger partial charge on any atom is -0.391 e. The second-order valence-electron chi connectivity index (χ2n) is 4.59. The van der Waals surface area contributed by atoms with Crippen molar-refractivity contribution >= 4 is 11.6 Å². The van der Waals surface area contributed by atoms with Gasteiger partial charge in [-0.3, -0.25) is 4.98 Å². The number of hydrogen-bond donors (Lipinski definition) is 1. The summed E-state index contributed by atoms with van der Waals surface area (Å²) in [6, 6.07) is 3.67. The van der Waals surface area contributed by atoms with Crippen molar-refractivity contribution in [2.45, 2.75) is 26.9 Å². The summed E-state index contributed by atoms with van der Waals surface area (Å²) in [5.41, 5.74) is 2.41. The van der Waals surface area contributed by atoms with E-state index in [1.54, 1.807) is 17.1 Å². The molecule has 0 aliphatic rings. The molecule has 5 heteroatoms. The SMILES string of the molecule is CC(C)Cc1nn(-c2ccncc2)c(Cl)c1CO. The molecule has 2 rings (SSSR count). The van der Waals surface area contributed by atoms with Crippen molar-refractivity contribution in [1.29, 1.82) is 0 Å². The standard InChI is InChI=1S/C13H16ClN3O/c1-9(2)7-12-11(8-18)13(14)17(16-12)10-3-5-15-6-4-10/h3-6,9,18H,7-8H2,1-2H3. The van der Waals surface area contributed by atoms with Gasteiger partial charge in [-0.05, 0) is 24.5 Å². The third-order valence-corrected chi connectivity index (χ3v) is 3.06. The number of pyridine rings is 1. The minimum atomic E-state index is -0.0913. The molecule has 4 nitrogen and oxygen atoms in total. The Balaban J connectivity index is 2.47. The molecule has 2 heterocycles. The predicted molar refractivity (Wildman–Crippen MR) is 70.8 cm³/mol. The Morgan fingerprint density at radius 3 is 2.56 bits per heavy atom. The monoisotopic (exact) mass is 265 g/mol. The van der Waals surface area contributed by atoms with Crippen molar-refractivity contribution in [3.63, 3.8) is 0 Å². The van der Waals surface area contributed by atoms with Gasteiger partial charge in [-0.25, -0.2) is 4.68 Å². The van der Waals surface area contributed by atoms with Crippen LogP contribution in [0.1, 0.15) is 25.1 Å². The molecular formula is C13H16ClN3O. The fourth-order valence-electron chi connectivity index (χ4n) is 1.84. The van der Waals surface area contributed by atoms with Crippen molar-refractivity contribution in [2.24, 2.45) is 5.92 Å². The summed E-state index contributed by atoms with van der Waals surface area (Å²) in [6.45, 7) is 4.13. The van der Waals surface area contributed by atoms with Crippen molar-refractivity contribution in [3.05, 3.63) is 40.9 Å². The van der Waals surface area contributed by atoms with Gasteiger partial charge in [0.1, 0.15) is 5.15 Å². The molecule has 0 bridgehead atoms. The predicted octanol–water partition coefficient (Wildman–Crippen LogP) is 2.61. The molecular weight excluding hydrogens is 250 g/mol. The molecule has 2 aromatic heterocycles. The summed E-state index contributed by atoms with van der Waals surface area (Å²) in [5, 5.41) is 14.4. The van der Waals surface area contributed by atoms with Gasteiger partial charge in [0, 0.05) is 18.0 Å². The van der Waals surface area contributed by atoms with Crippen LogP contribution < -0.4 is 0 Å². The third-order valence-electron chi connectivity index (χ3n) is 2.67. The van der Waals surface area contributed by atoms with E-state index in [-0.39, 0.29) is 6.61 Å². The first-order valence-corrected chi connectivity index (χ1v) is 6.28. The smallest absolute Gasteiger partial charge is 0.138 e. The zero-order valence-electron chi connectivity index (χ0n) is 10.5. The van der Waals surface area contributed by atoms with Gasteiger partial charge in [-0.2, -0.15) is 5.10 Å². The number of aromatic nitrogens is 3. The number of aliphatic hydroxyl groups excluding tert-OH is 1. The normalized spacial score (nSPS) is 11.2.